The molecule has 0 saturated carbocycles. The standard InChI is InChI=1S/C14H22ClN3O/c1-10-5-7-17(9-11(10)15)12-13(19)18(8-6-16-12)14(2,3)4/h6,8,10-11H,5,7,9H2,1-4H3. The second kappa shape index (κ2) is 5.16. The van der Waals surface area contributed by atoms with E-state index in [0.29, 0.717) is 18.3 Å². The van der Waals surface area contributed by atoms with E-state index in [9.17, 15) is 4.79 Å². The lowest BCUT2D eigenvalue weighted by molar-refractivity contribution is 0.380. The highest BCUT2D eigenvalue weighted by Gasteiger charge is 2.27. The van der Waals surface area contributed by atoms with Crippen molar-refractivity contribution in [1.82, 2.24) is 9.55 Å². The molecule has 1 aliphatic heterocycles. The lowest BCUT2D eigenvalue weighted by atomic mass is 9.99. The number of hydrogen-bond donors (Lipinski definition) is 0. The molecule has 0 bridgehead atoms. The van der Waals surface area contributed by atoms with Crippen LogP contribution in [0.1, 0.15) is 34.1 Å². The van der Waals surface area contributed by atoms with Gasteiger partial charge < -0.3 is 9.47 Å². The van der Waals surface area contributed by atoms with Crippen LogP contribution >= 0.6 is 11.6 Å². The number of rotatable bonds is 1. The Labute approximate surface area is 119 Å². The number of anilines is 1. The number of aromatic nitrogens is 2. The van der Waals surface area contributed by atoms with Crippen LogP contribution in [0.4, 0.5) is 5.82 Å². The van der Waals surface area contributed by atoms with Crippen molar-refractivity contribution in [3.05, 3.63) is 22.7 Å². The van der Waals surface area contributed by atoms with E-state index in [1.165, 1.54) is 0 Å². The molecule has 5 heteroatoms. The van der Waals surface area contributed by atoms with Crippen LogP contribution in [0.2, 0.25) is 0 Å². The molecule has 1 fully saturated rings. The van der Waals surface area contributed by atoms with Crippen molar-refractivity contribution < 1.29 is 0 Å². The number of halogens is 1. The van der Waals surface area contributed by atoms with Gasteiger partial charge in [0.05, 0.1) is 5.38 Å². The van der Waals surface area contributed by atoms with Gasteiger partial charge in [0.1, 0.15) is 0 Å². The molecule has 4 nitrogen and oxygen atoms in total. The first kappa shape index (κ1) is 14.4. The van der Waals surface area contributed by atoms with Crippen LogP contribution in [0.3, 0.4) is 0 Å². The Hall–Kier alpha value is -1.03. The molecule has 1 saturated heterocycles. The fourth-order valence-electron chi connectivity index (χ4n) is 2.36. The van der Waals surface area contributed by atoms with E-state index < -0.39 is 0 Å². The fraction of sp³-hybridized carbons (Fsp3) is 0.714. The summed E-state index contributed by atoms with van der Waals surface area (Å²) in [5.74, 6) is 1.02. The van der Waals surface area contributed by atoms with Gasteiger partial charge >= 0.3 is 0 Å². The predicted molar refractivity (Wildman–Crippen MR) is 79.1 cm³/mol. The highest BCUT2D eigenvalue weighted by atomic mass is 35.5. The van der Waals surface area contributed by atoms with Gasteiger partial charge in [-0.25, -0.2) is 4.98 Å². The zero-order chi connectivity index (χ0) is 14.2. The van der Waals surface area contributed by atoms with Gasteiger partial charge in [0, 0.05) is 31.0 Å². The summed E-state index contributed by atoms with van der Waals surface area (Å²) in [6.07, 6.45) is 4.44. The Balaban J connectivity index is 2.34. The first-order chi connectivity index (χ1) is 8.80. The van der Waals surface area contributed by atoms with Crippen molar-refractivity contribution in [2.75, 3.05) is 18.0 Å². The maximum atomic E-state index is 12.5. The quantitative estimate of drug-likeness (QED) is 0.743. The molecule has 19 heavy (non-hydrogen) atoms. The minimum absolute atomic E-state index is 0.0339. The molecule has 1 aliphatic rings. The van der Waals surface area contributed by atoms with E-state index in [1.54, 1.807) is 17.0 Å². The molecule has 2 atom stereocenters. The van der Waals surface area contributed by atoms with Crippen molar-refractivity contribution >= 4 is 17.4 Å². The molecule has 0 spiro atoms. The van der Waals surface area contributed by atoms with Crippen LogP contribution in [0.15, 0.2) is 17.2 Å². The molecular formula is C14H22ClN3O. The lowest BCUT2D eigenvalue weighted by Gasteiger charge is -2.35. The number of alkyl halides is 1. The SMILES string of the molecule is CC1CCN(c2nccn(C(C)(C)C)c2=O)CC1Cl. The molecule has 2 rings (SSSR count). The fourth-order valence-corrected chi connectivity index (χ4v) is 2.65. The van der Waals surface area contributed by atoms with Crippen LogP contribution < -0.4 is 10.5 Å². The smallest absolute Gasteiger partial charge is 0.293 e. The molecule has 106 valence electrons. The minimum atomic E-state index is -0.238. The molecule has 0 aromatic carbocycles. The van der Waals surface area contributed by atoms with E-state index in [1.807, 2.05) is 25.7 Å². The summed E-state index contributed by atoms with van der Waals surface area (Å²) in [6, 6.07) is 0. The first-order valence-corrected chi connectivity index (χ1v) is 7.21. The molecular weight excluding hydrogens is 262 g/mol. The lowest BCUT2D eigenvalue weighted by Crippen LogP contribution is -2.45. The van der Waals surface area contributed by atoms with Crippen LogP contribution in [0, 0.1) is 5.92 Å². The van der Waals surface area contributed by atoms with Crippen LogP contribution in [-0.2, 0) is 5.54 Å². The summed E-state index contributed by atoms with van der Waals surface area (Å²) >= 11 is 6.32. The van der Waals surface area contributed by atoms with Gasteiger partial charge in [-0.2, -0.15) is 0 Å². The Morgan fingerprint density at radius 1 is 1.42 bits per heavy atom. The average molecular weight is 284 g/mol. The van der Waals surface area contributed by atoms with E-state index in [-0.39, 0.29) is 16.5 Å². The largest absolute Gasteiger partial charge is 0.351 e. The van der Waals surface area contributed by atoms with Crippen molar-refractivity contribution in [1.29, 1.82) is 0 Å². The minimum Gasteiger partial charge on any atom is -0.351 e. The van der Waals surface area contributed by atoms with Gasteiger partial charge in [0.25, 0.3) is 5.56 Å². The number of hydrogen-bond acceptors (Lipinski definition) is 3. The Kier molecular flexibility index (Phi) is 3.90. The number of nitrogens with zero attached hydrogens (tertiary/aromatic N) is 3. The third-order valence-electron chi connectivity index (χ3n) is 3.71. The van der Waals surface area contributed by atoms with Crippen molar-refractivity contribution in [2.24, 2.45) is 5.92 Å². The van der Waals surface area contributed by atoms with Crippen LogP contribution in [0.25, 0.3) is 0 Å². The number of piperidine rings is 1. The van der Waals surface area contributed by atoms with E-state index in [2.05, 4.69) is 11.9 Å². The van der Waals surface area contributed by atoms with Crippen molar-refractivity contribution in [3.8, 4) is 0 Å². The summed E-state index contributed by atoms with van der Waals surface area (Å²) in [5.41, 5.74) is -0.272. The zero-order valence-corrected chi connectivity index (χ0v) is 12.8. The van der Waals surface area contributed by atoms with Crippen molar-refractivity contribution in [2.45, 2.75) is 45.0 Å². The second-order valence-electron chi connectivity index (χ2n) is 6.32. The first-order valence-electron chi connectivity index (χ1n) is 6.78. The van der Waals surface area contributed by atoms with Gasteiger partial charge in [-0.3, -0.25) is 4.79 Å². The molecule has 2 heterocycles. The maximum absolute atomic E-state index is 12.5. The molecule has 1 aromatic heterocycles. The maximum Gasteiger partial charge on any atom is 0.293 e. The summed E-state index contributed by atoms with van der Waals surface area (Å²) < 4.78 is 1.73. The second-order valence-corrected chi connectivity index (χ2v) is 6.89. The molecule has 1 aromatic rings. The van der Waals surface area contributed by atoms with Gasteiger partial charge in [-0.1, -0.05) is 6.92 Å². The molecule has 0 aliphatic carbocycles. The average Bonchev–Trinajstić information content (AvgIpc) is 2.32. The highest BCUT2D eigenvalue weighted by molar-refractivity contribution is 6.21. The molecule has 2 unspecified atom stereocenters. The third kappa shape index (κ3) is 2.94. The normalized spacial score (nSPS) is 24.6. The summed E-state index contributed by atoms with van der Waals surface area (Å²) in [5, 5.41) is 0.0817. The van der Waals surface area contributed by atoms with Crippen LogP contribution in [-0.4, -0.2) is 28.0 Å². The Bertz CT molecular complexity index is 506. The van der Waals surface area contributed by atoms with E-state index in [4.69, 9.17) is 11.6 Å². The molecule has 0 radical (unpaired) electrons. The van der Waals surface area contributed by atoms with Gasteiger partial charge in [0.15, 0.2) is 5.82 Å². The van der Waals surface area contributed by atoms with Crippen LogP contribution in [0.5, 0.6) is 0 Å². The topological polar surface area (TPSA) is 38.1 Å². The third-order valence-corrected chi connectivity index (χ3v) is 4.28. The van der Waals surface area contributed by atoms with Gasteiger partial charge in [-0.05, 0) is 33.1 Å². The van der Waals surface area contributed by atoms with Gasteiger partial charge in [0.2, 0.25) is 0 Å². The van der Waals surface area contributed by atoms with E-state index >= 15 is 0 Å². The Morgan fingerprint density at radius 3 is 2.68 bits per heavy atom. The highest BCUT2D eigenvalue weighted by Crippen LogP contribution is 2.24. The van der Waals surface area contributed by atoms with Crippen molar-refractivity contribution in [3.63, 3.8) is 0 Å². The molecule has 0 N–H and O–H groups in total. The summed E-state index contributed by atoms with van der Waals surface area (Å²) in [6.45, 7) is 9.74. The predicted octanol–water partition coefficient (Wildman–Crippen LogP) is 2.45. The van der Waals surface area contributed by atoms with E-state index in [0.717, 1.165) is 13.0 Å². The summed E-state index contributed by atoms with van der Waals surface area (Å²) in [4.78, 5) is 18.8. The molecule has 0 amide bonds. The zero-order valence-electron chi connectivity index (χ0n) is 12.1. The Morgan fingerprint density at radius 2 is 2.11 bits per heavy atom. The van der Waals surface area contributed by atoms with Gasteiger partial charge in [-0.15, -0.1) is 11.6 Å². The monoisotopic (exact) mass is 283 g/mol. The summed E-state index contributed by atoms with van der Waals surface area (Å²) in [7, 11) is 0.